The maximum Gasteiger partial charge on any atom is 0.307 e. The fourth-order valence-electron chi connectivity index (χ4n) is 1.31. The van der Waals surface area contributed by atoms with Crippen molar-refractivity contribution in [3.8, 4) is 0 Å². The lowest BCUT2D eigenvalue weighted by Gasteiger charge is -2.17. The molecule has 4 nitrogen and oxygen atoms in total. The number of aliphatic carboxylic acids is 1. The largest absolute Gasteiger partial charge is 0.481 e. The second-order valence-electron chi connectivity index (χ2n) is 3.64. The van der Waals surface area contributed by atoms with Crippen molar-refractivity contribution in [3.63, 3.8) is 0 Å². The minimum Gasteiger partial charge on any atom is -0.481 e. The number of nitrogens with zero attached hydrogens (tertiary/aromatic N) is 1. The van der Waals surface area contributed by atoms with Crippen molar-refractivity contribution in [2.75, 3.05) is 13.6 Å². The van der Waals surface area contributed by atoms with Gasteiger partial charge in [0.1, 0.15) is 5.76 Å². The van der Waals surface area contributed by atoms with E-state index in [1.165, 1.54) is 0 Å². The molecule has 1 rings (SSSR count). The van der Waals surface area contributed by atoms with Crippen LogP contribution in [0.5, 0.6) is 0 Å². The summed E-state index contributed by atoms with van der Waals surface area (Å²) in [5, 5.41) is 8.74. The van der Waals surface area contributed by atoms with E-state index in [1.807, 2.05) is 24.1 Å². The lowest BCUT2D eigenvalue weighted by molar-refractivity contribution is -0.141. The molecule has 1 aromatic rings. The monoisotopic (exact) mass is 275 g/mol. The lowest BCUT2D eigenvalue weighted by atomic mass is 10.2. The van der Waals surface area contributed by atoms with Gasteiger partial charge in [-0.1, -0.05) is 6.92 Å². The highest BCUT2D eigenvalue weighted by atomic mass is 79.9. The molecule has 0 amide bonds. The molecule has 0 radical (unpaired) electrons. The van der Waals surface area contributed by atoms with Crippen molar-refractivity contribution in [1.29, 1.82) is 0 Å². The minimum absolute atomic E-state index is 0.367. The average Bonchev–Trinajstić information content (AvgIpc) is 2.50. The molecule has 15 heavy (non-hydrogen) atoms. The highest BCUT2D eigenvalue weighted by molar-refractivity contribution is 9.10. The molecular formula is C10H14BrNO3. The van der Waals surface area contributed by atoms with Gasteiger partial charge in [-0.3, -0.25) is 9.69 Å². The molecule has 1 heterocycles. The molecule has 1 N–H and O–H groups in total. The number of carboxylic acid groups (broad SMARTS) is 1. The van der Waals surface area contributed by atoms with Crippen molar-refractivity contribution in [2.24, 2.45) is 5.92 Å². The van der Waals surface area contributed by atoms with Crippen LogP contribution >= 0.6 is 15.9 Å². The maximum atomic E-state index is 10.6. The van der Waals surface area contributed by atoms with Gasteiger partial charge in [-0.05, 0) is 35.1 Å². The third-order valence-electron chi connectivity index (χ3n) is 2.06. The van der Waals surface area contributed by atoms with Gasteiger partial charge in [-0.25, -0.2) is 0 Å². The van der Waals surface area contributed by atoms with Gasteiger partial charge in [0, 0.05) is 6.54 Å². The van der Waals surface area contributed by atoms with E-state index in [9.17, 15) is 4.79 Å². The number of hydrogen-bond donors (Lipinski definition) is 1. The Morgan fingerprint density at radius 1 is 1.67 bits per heavy atom. The summed E-state index contributed by atoms with van der Waals surface area (Å²) in [6.07, 6.45) is 0. The molecule has 0 aliphatic heterocycles. The van der Waals surface area contributed by atoms with Crippen LogP contribution in [0.2, 0.25) is 0 Å². The summed E-state index contributed by atoms with van der Waals surface area (Å²) in [5.41, 5.74) is 0. The molecule has 0 aliphatic rings. The van der Waals surface area contributed by atoms with Crippen LogP contribution < -0.4 is 0 Å². The fourth-order valence-corrected chi connectivity index (χ4v) is 1.65. The summed E-state index contributed by atoms with van der Waals surface area (Å²) in [6.45, 7) is 2.81. The Bertz CT molecular complexity index is 337. The highest BCUT2D eigenvalue weighted by Gasteiger charge is 2.14. The first kappa shape index (κ1) is 12.3. The van der Waals surface area contributed by atoms with E-state index in [-0.39, 0.29) is 5.92 Å². The summed E-state index contributed by atoms with van der Waals surface area (Å²) in [6, 6.07) is 3.69. The molecule has 0 saturated carbocycles. The van der Waals surface area contributed by atoms with Crippen LogP contribution in [-0.2, 0) is 11.3 Å². The molecule has 0 aliphatic carbocycles. The van der Waals surface area contributed by atoms with Gasteiger partial charge >= 0.3 is 5.97 Å². The van der Waals surface area contributed by atoms with Gasteiger partial charge in [-0.2, -0.15) is 0 Å². The zero-order valence-corrected chi connectivity index (χ0v) is 10.3. The number of rotatable bonds is 5. The number of furan rings is 1. The molecule has 1 atom stereocenters. The third kappa shape index (κ3) is 4.05. The lowest BCUT2D eigenvalue weighted by Crippen LogP contribution is -2.28. The number of hydrogen-bond acceptors (Lipinski definition) is 3. The van der Waals surface area contributed by atoms with E-state index < -0.39 is 5.97 Å². The normalized spacial score (nSPS) is 13.1. The molecule has 0 aromatic carbocycles. The SMILES string of the molecule is CC(CN(C)Cc1ccc(Br)o1)C(=O)O. The van der Waals surface area contributed by atoms with E-state index in [0.29, 0.717) is 17.8 Å². The molecule has 0 spiro atoms. The fraction of sp³-hybridized carbons (Fsp3) is 0.500. The van der Waals surface area contributed by atoms with Crippen LogP contribution in [0.15, 0.2) is 21.2 Å². The second kappa shape index (κ2) is 5.32. The van der Waals surface area contributed by atoms with E-state index in [4.69, 9.17) is 9.52 Å². The molecule has 0 saturated heterocycles. The molecule has 84 valence electrons. The van der Waals surface area contributed by atoms with Crippen molar-refractivity contribution in [3.05, 3.63) is 22.6 Å². The smallest absolute Gasteiger partial charge is 0.307 e. The van der Waals surface area contributed by atoms with E-state index in [1.54, 1.807) is 6.92 Å². The Morgan fingerprint density at radius 3 is 2.80 bits per heavy atom. The van der Waals surface area contributed by atoms with Crippen molar-refractivity contribution < 1.29 is 14.3 Å². The molecule has 5 heteroatoms. The van der Waals surface area contributed by atoms with Crippen molar-refractivity contribution in [2.45, 2.75) is 13.5 Å². The van der Waals surface area contributed by atoms with Gasteiger partial charge in [0.15, 0.2) is 4.67 Å². The quantitative estimate of drug-likeness (QED) is 0.895. The summed E-state index contributed by atoms with van der Waals surface area (Å²) >= 11 is 3.22. The third-order valence-corrected chi connectivity index (χ3v) is 2.49. The van der Waals surface area contributed by atoms with Crippen LogP contribution in [0.4, 0.5) is 0 Å². The Morgan fingerprint density at radius 2 is 2.33 bits per heavy atom. The number of carboxylic acids is 1. The average molecular weight is 276 g/mol. The Kier molecular flexibility index (Phi) is 4.35. The van der Waals surface area contributed by atoms with Crippen LogP contribution in [0.1, 0.15) is 12.7 Å². The molecule has 0 fully saturated rings. The zero-order valence-electron chi connectivity index (χ0n) is 8.74. The van der Waals surface area contributed by atoms with Crippen molar-refractivity contribution in [1.82, 2.24) is 4.90 Å². The first-order chi connectivity index (χ1) is 6.99. The van der Waals surface area contributed by atoms with Crippen LogP contribution in [0.3, 0.4) is 0 Å². The number of carbonyl (C=O) groups is 1. The van der Waals surface area contributed by atoms with Crippen LogP contribution in [0, 0.1) is 5.92 Å². The Hall–Kier alpha value is -0.810. The molecule has 1 unspecified atom stereocenters. The Labute approximate surface area is 97.0 Å². The van der Waals surface area contributed by atoms with E-state index in [2.05, 4.69) is 15.9 Å². The highest BCUT2D eigenvalue weighted by Crippen LogP contribution is 2.15. The minimum atomic E-state index is -0.775. The van der Waals surface area contributed by atoms with Gasteiger partial charge in [-0.15, -0.1) is 0 Å². The summed E-state index contributed by atoms with van der Waals surface area (Å²) < 4.78 is 6.02. The van der Waals surface area contributed by atoms with Crippen LogP contribution in [0.25, 0.3) is 0 Å². The van der Waals surface area contributed by atoms with Gasteiger partial charge in [0.2, 0.25) is 0 Å². The topological polar surface area (TPSA) is 53.7 Å². The molecular weight excluding hydrogens is 262 g/mol. The second-order valence-corrected chi connectivity index (χ2v) is 4.42. The first-order valence-corrected chi connectivity index (χ1v) is 5.44. The predicted molar refractivity (Wildman–Crippen MR) is 59.5 cm³/mol. The van der Waals surface area contributed by atoms with E-state index in [0.717, 1.165) is 5.76 Å². The zero-order chi connectivity index (χ0) is 11.4. The molecule has 0 bridgehead atoms. The molecule has 1 aromatic heterocycles. The predicted octanol–water partition coefficient (Wildman–Crippen LogP) is 2.19. The summed E-state index contributed by atoms with van der Waals surface area (Å²) in [4.78, 5) is 12.6. The summed E-state index contributed by atoms with van der Waals surface area (Å²) in [5.74, 6) is -0.321. The summed E-state index contributed by atoms with van der Waals surface area (Å²) in [7, 11) is 1.87. The first-order valence-electron chi connectivity index (χ1n) is 4.64. The standard InChI is InChI=1S/C10H14BrNO3/c1-7(10(13)14)5-12(2)6-8-3-4-9(11)15-8/h3-4,7H,5-6H2,1-2H3,(H,13,14). The van der Waals surface area contributed by atoms with E-state index >= 15 is 0 Å². The maximum absolute atomic E-state index is 10.6. The Balaban J connectivity index is 2.42. The number of halogens is 1. The van der Waals surface area contributed by atoms with Gasteiger partial charge < -0.3 is 9.52 Å². The van der Waals surface area contributed by atoms with Gasteiger partial charge in [0.25, 0.3) is 0 Å². The van der Waals surface area contributed by atoms with Gasteiger partial charge in [0.05, 0.1) is 12.5 Å². The van der Waals surface area contributed by atoms with Crippen molar-refractivity contribution >= 4 is 21.9 Å². The van der Waals surface area contributed by atoms with Crippen LogP contribution in [-0.4, -0.2) is 29.6 Å².